The van der Waals surface area contributed by atoms with Crippen LogP contribution >= 0.6 is 0 Å². The molecule has 0 saturated heterocycles. The maximum atomic E-state index is 7.16. The number of para-hydroxylation sites is 4. The quantitative estimate of drug-likeness (QED) is 0.101. The van der Waals surface area contributed by atoms with Gasteiger partial charge in [0.25, 0.3) is 6.33 Å². The van der Waals surface area contributed by atoms with Gasteiger partial charge in [-0.2, -0.15) is 0 Å². The maximum absolute atomic E-state index is 7.16. The Kier molecular flexibility index (Phi) is 10.7. The number of fused-ring (bicyclic) bond motifs is 4. The predicted molar refractivity (Wildman–Crippen MR) is 294 cm³/mol. The molecule has 72 heavy (non-hydrogen) atoms. The Morgan fingerprint density at radius 2 is 0.972 bits per heavy atom. The maximum Gasteiger partial charge on any atom is 0.269 e. The fourth-order valence-corrected chi connectivity index (χ4v) is 10.4. The first-order chi connectivity index (χ1) is 35.6. The Hall–Kier alpha value is -9.58. The minimum absolute atomic E-state index is 0.695. The van der Waals surface area contributed by atoms with E-state index in [1.807, 2.05) is 18.3 Å². The van der Waals surface area contributed by atoms with Crippen molar-refractivity contribution in [3.63, 3.8) is 0 Å². The van der Waals surface area contributed by atoms with E-state index in [9.17, 15) is 0 Å². The van der Waals surface area contributed by atoms with Gasteiger partial charge in [0.2, 0.25) is 0 Å². The van der Waals surface area contributed by atoms with Gasteiger partial charge >= 0.3 is 0 Å². The molecule has 0 atom stereocenters. The molecule has 0 spiro atoms. The fourth-order valence-electron chi connectivity index (χ4n) is 10.4. The molecule has 0 fully saturated rings. The minimum atomic E-state index is 0.695. The smallest absolute Gasteiger partial charge is 0.269 e. The number of nitrogens with zero attached hydrogens (tertiary/aromatic N) is 4. The molecule has 5 nitrogen and oxygen atoms in total. The van der Waals surface area contributed by atoms with Crippen molar-refractivity contribution in [1.29, 1.82) is 0 Å². The van der Waals surface area contributed by atoms with Crippen LogP contribution in [0.4, 0.5) is 0 Å². The van der Waals surface area contributed by atoms with Gasteiger partial charge in [-0.25, -0.2) is 4.98 Å². The summed E-state index contributed by atoms with van der Waals surface area (Å²) in [5.74, 6) is 2.26. The highest BCUT2D eigenvalue weighted by molar-refractivity contribution is 6.09. The number of aromatic nitrogens is 4. The summed E-state index contributed by atoms with van der Waals surface area (Å²) in [7, 11) is 0. The van der Waals surface area contributed by atoms with E-state index >= 15 is 0 Å². The third-order valence-corrected chi connectivity index (χ3v) is 13.8. The summed E-state index contributed by atoms with van der Waals surface area (Å²) in [5, 5.41) is 2.29. The van der Waals surface area contributed by atoms with Crippen LogP contribution in [0, 0.1) is 13.3 Å². The van der Waals surface area contributed by atoms with Crippen LogP contribution in [-0.2, 0) is 0 Å². The van der Waals surface area contributed by atoms with Crippen molar-refractivity contribution in [3.8, 4) is 84.3 Å². The number of ether oxygens (including phenoxy) is 1. The first-order valence-corrected chi connectivity index (χ1v) is 24.4. The molecule has 0 N–H and O–H groups in total. The van der Waals surface area contributed by atoms with Crippen molar-refractivity contribution in [2.24, 2.45) is 0 Å². The Morgan fingerprint density at radius 1 is 0.403 bits per heavy atom. The SMILES string of the molecule is Cc1c(-c2ccccc2)cc(-c2ccccc2)cc1-c1cc(Oc2ccc3c4ccccc4n(-c4ccccn4)c3c2)cc(-n2[c-][n+](-c3c(-c4ccccc4)cccc3-c3ccccc3)c3ccccc32)c1. The Labute approximate surface area is 418 Å². The first kappa shape index (κ1) is 42.5. The van der Waals surface area contributed by atoms with Gasteiger partial charge < -0.3 is 4.74 Å². The van der Waals surface area contributed by atoms with Crippen LogP contribution in [0.1, 0.15) is 5.56 Å². The van der Waals surface area contributed by atoms with Crippen molar-refractivity contribution >= 4 is 32.8 Å². The highest BCUT2D eigenvalue weighted by atomic mass is 16.5. The Bertz CT molecular complexity index is 4050. The second kappa shape index (κ2) is 18.1. The second-order valence-electron chi connectivity index (χ2n) is 18.2. The lowest BCUT2D eigenvalue weighted by atomic mass is 9.88. The number of hydrogen-bond acceptors (Lipinski definition) is 2. The van der Waals surface area contributed by atoms with Gasteiger partial charge in [-0.15, -0.1) is 0 Å². The third kappa shape index (κ3) is 7.61. The molecule has 10 aromatic carbocycles. The van der Waals surface area contributed by atoms with E-state index in [1.54, 1.807) is 0 Å². The van der Waals surface area contributed by atoms with Crippen LogP contribution in [0.5, 0.6) is 11.5 Å². The van der Waals surface area contributed by atoms with Crippen molar-refractivity contribution in [3.05, 3.63) is 273 Å². The Morgan fingerprint density at radius 3 is 1.64 bits per heavy atom. The molecule has 0 aliphatic carbocycles. The minimum Gasteiger partial charge on any atom is -0.458 e. The second-order valence-corrected chi connectivity index (χ2v) is 18.2. The van der Waals surface area contributed by atoms with Crippen LogP contribution in [0.15, 0.2) is 261 Å². The molecule has 13 aromatic rings. The molecule has 0 saturated carbocycles. The van der Waals surface area contributed by atoms with E-state index in [1.165, 1.54) is 11.1 Å². The average molecular weight is 923 g/mol. The highest BCUT2D eigenvalue weighted by Crippen LogP contribution is 2.42. The van der Waals surface area contributed by atoms with Crippen molar-refractivity contribution < 1.29 is 9.30 Å². The number of hydrogen-bond donors (Lipinski definition) is 0. The van der Waals surface area contributed by atoms with E-state index in [-0.39, 0.29) is 0 Å². The predicted octanol–water partition coefficient (Wildman–Crippen LogP) is 16.6. The summed E-state index contributed by atoms with van der Waals surface area (Å²) in [4.78, 5) is 4.80. The zero-order chi connectivity index (χ0) is 48.0. The first-order valence-electron chi connectivity index (χ1n) is 24.4. The number of rotatable bonds is 10. The highest BCUT2D eigenvalue weighted by Gasteiger charge is 2.22. The summed E-state index contributed by atoms with van der Waals surface area (Å²) in [6.07, 6.45) is 5.78. The largest absolute Gasteiger partial charge is 0.458 e. The third-order valence-electron chi connectivity index (χ3n) is 13.8. The standard InChI is InChI=1S/C67H46N4O/c1-46-60(50-27-12-5-13-28-50)41-51(47-21-6-2-7-22-47)42-61(46)52-39-53(43-55(40-52)72-54-36-37-59-58-29-14-15-32-62(58)71(65(59)44-54)66-35-18-19-38-68-66)69-45-70(64-34-17-16-33-63(64)69)67-56(48-23-8-3-9-24-48)30-20-31-57(67)49-25-10-4-11-26-49/h2-44H,1H3. The lowest BCUT2D eigenvalue weighted by Gasteiger charge is -2.18. The summed E-state index contributed by atoms with van der Waals surface area (Å²) in [5.41, 5.74) is 18.5. The molecular weight excluding hydrogens is 877 g/mol. The normalized spacial score (nSPS) is 11.4. The molecule has 340 valence electrons. The molecule has 0 bridgehead atoms. The average Bonchev–Trinajstić information content (AvgIpc) is 4.00. The molecule has 0 unspecified atom stereocenters. The van der Waals surface area contributed by atoms with E-state index in [0.29, 0.717) is 11.5 Å². The molecular formula is C67H46N4O. The lowest BCUT2D eigenvalue weighted by Crippen LogP contribution is -2.31. The van der Waals surface area contributed by atoms with Crippen LogP contribution in [0.2, 0.25) is 0 Å². The summed E-state index contributed by atoms with van der Waals surface area (Å²) in [6, 6.07) is 90.0. The van der Waals surface area contributed by atoms with E-state index < -0.39 is 0 Å². The van der Waals surface area contributed by atoms with Gasteiger partial charge in [0, 0.05) is 23.0 Å². The molecule has 3 aromatic heterocycles. The molecule has 3 heterocycles. The number of imidazole rings is 1. The van der Waals surface area contributed by atoms with E-state index in [2.05, 4.69) is 270 Å². The number of pyridine rings is 1. The summed E-state index contributed by atoms with van der Waals surface area (Å²) < 4.78 is 13.8. The van der Waals surface area contributed by atoms with E-state index in [4.69, 9.17) is 9.72 Å². The van der Waals surface area contributed by atoms with Gasteiger partial charge in [0.15, 0.2) is 0 Å². The van der Waals surface area contributed by atoms with Gasteiger partial charge in [-0.3, -0.25) is 13.7 Å². The topological polar surface area (TPSA) is 35.9 Å². The molecule has 0 aliphatic heterocycles. The van der Waals surface area contributed by atoms with Crippen molar-refractivity contribution in [1.82, 2.24) is 14.1 Å². The van der Waals surface area contributed by atoms with Gasteiger partial charge in [0.1, 0.15) is 17.3 Å². The zero-order valence-corrected chi connectivity index (χ0v) is 39.5. The molecule has 0 amide bonds. The van der Waals surface area contributed by atoms with Crippen LogP contribution in [0.3, 0.4) is 0 Å². The summed E-state index contributed by atoms with van der Waals surface area (Å²) in [6.45, 7) is 2.24. The van der Waals surface area contributed by atoms with Gasteiger partial charge in [0.05, 0.1) is 33.4 Å². The van der Waals surface area contributed by atoms with Crippen molar-refractivity contribution in [2.45, 2.75) is 6.92 Å². The molecule has 0 aliphatic rings. The van der Waals surface area contributed by atoms with Crippen LogP contribution < -0.4 is 9.30 Å². The van der Waals surface area contributed by atoms with Crippen molar-refractivity contribution in [2.75, 3.05) is 0 Å². The Balaban J connectivity index is 1.05. The molecule has 13 rings (SSSR count). The lowest BCUT2D eigenvalue weighted by molar-refractivity contribution is -0.571. The van der Waals surface area contributed by atoms with Crippen LogP contribution in [0.25, 0.3) is 106 Å². The number of benzene rings is 10. The summed E-state index contributed by atoms with van der Waals surface area (Å²) >= 11 is 0. The molecule has 5 heteroatoms. The van der Waals surface area contributed by atoms with Crippen LogP contribution in [-0.4, -0.2) is 14.1 Å². The van der Waals surface area contributed by atoms with Gasteiger partial charge in [-0.1, -0.05) is 188 Å². The zero-order valence-electron chi connectivity index (χ0n) is 39.5. The van der Waals surface area contributed by atoms with E-state index in [0.717, 1.165) is 100 Å². The van der Waals surface area contributed by atoms with Gasteiger partial charge in [-0.05, 0) is 129 Å². The molecule has 0 radical (unpaired) electrons. The fraction of sp³-hybridized carbons (Fsp3) is 0.0149. The monoisotopic (exact) mass is 922 g/mol.